The zero-order valence-electron chi connectivity index (χ0n) is 19.0. The van der Waals surface area contributed by atoms with Gasteiger partial charge in [0.1, 0.15) is 6.04 Å². The van der Waals surface area contributed by atoms with E-state index >= 15 is 0 Å². The van der Waals surface area contributed by atoms with Gasteiger partial charge in [0.2, 0.25) is 17.7 Å². The van der Waals surface area contributed by atoms with E-state index in [0.717, 1.165) is 19.3 Å². The van der Waals surface area contributed by atoms with Gasteiger partial charge in [-0.25, -0.2) is 0 Å². The molecular weight excluding hydrogens is 402 g/mol. The zero-order chi connectivity index (χ0) is 22.4. The van der Waals surface area contributed by atoms with Crippen LogP contribution in [0.3, 0.4) is 0 Å². The van der Waals surface area contributed by atoms with E-state index in [2.05, 4.69) is 10.6 Å². The third kappa shape index (κ3) is 3.74. The molecule has 170 valence electrons. The maximum absolute atomic E-state index is 13.8. The van der Waals surface area contributed by atoms with E-state index in [1.54, 1.807) is 16.7 Å². The maximum Gasteiger partial charge on any atom is 0.244 e. The first kappa shape index (κ1) is 23.4. The molecule has 6 atom stereocenters. The number of nitrogens with one attached hydrogen (secondary N) is 2. The van der Waals surface area contributed by atoms with Crippen molar-refractivity contribution in [2.45, 2.75) is 88.4 Å². The molecule has 0 aromatic rings. The van der Waals surface area contributed by atoms with Crippen molar-refractivity contribution in [3.05, 3.63) is 0 Å². The van der Waals surface area contributed by atoms with Crippen LogP contribution in [0.1, 0.15) is 60.8 Å². The Hall–Kier alpha value is -1.28. The zero-order valence-corrected chi connectivity index (χ0v) is 19.8. The number of carbonyl (C=O) groups is 3. The topological polar surface area (TPSA) is 98.7 Å². The molecule has 0 aromatic heterocycles. The number of nitrogens with zero attached hydrogens (tertiary/aromatic N) is 1. The van der Waals surface area contributed by atoms with Crippen molar-refractivity contribution in [1.82, 2.24) is 15.5 Å². The Morgan fingerprint density at radius 2 is 1.97 bits per heavy atom. The Kier molecular flexibility index (Phi) is 6.50. The highest BCUT2D eigenvalue weighted by Crippen LogP contribution is 2.66. The lowest BCUT2D eigenvalue weighted by Crippen LogP contribution is -2.60. The number of hydrogen-bond donors (Lipinski definition) is 3. The molecule has 2 bridgehead atoms. The lowest BCUT2D eigenvalue weighted by atomic mass is 9.70. The van der Waals surface area contributed by atoms with Crippen LogP contribution in [-0.4, -0.2) is 68.5 Å². The fourth-order valence-electron chi connectivity index (χ4n) is 5.47. The molecule has 3 fully saturated rings. The van der Waals surface area contributed by atoms with E-state index in [1.807, 2.05) is 41.5 Å². The molecule has 3 heterocycles. The Balaban J connectivity index is 2.04. The van der Waals surface area contributed by atoms with Crippen LogP contribution in [0.2, 0.25) is 0 Å². The number of likely N-dealkylation sites (tertiary alicyclic amines) is 1. The summed E-state index contributed by atoms with van der Waals surface area (Å²) in [6.45, 7) is 12.1. The van der Waals surface area contributed by atoms with Gasteiger partial charge in [-0.2, -0.15) is 0 Å². The number of thioether (sulfide) groups is 1. The predicted octanol–water partition coefficient (Wildman–Crippen LogP) is 1.54. The number of aliphatic hydroxyl groups excluding tert-OH is 1. The van der Waals surface area contributed by atoms with Crippen LogP contribution in [0.15, 0.2) is 0 Å². The molecule has 3 amide bonds. The van der Waals surface area contributed by atoms with Crippen LogP contribution in [-0.2, 0) is 14.4 Å². The van der Waals surface area contributed by atoms with Crippen LogP contribution < -0.4 is 10.6 Å². The van der Waals surface area contributed by atoms with Gasteiger partial charge in [0.05, 0.1) is 29.2 Å². The Morgan fingerprint density at radius 1 is 1.30 bits per heavy atom. The molecular formula is C22H37N3O4S. The van der Waals surface area contributed by atoms with Gasteiger partial charge in [-0.1, -0.05) is 20.8 Å². The van der Waals surface area contributed by atoms with E-state index in [4.69, 9.17) is 0 Å². The largest absolute Gasteiger partial charge is 0.394 e. The highest BCUT2D eigenvalue weighted by molar-refractivity contribution is 8.02. The monoisotopic (exact) mass is 439 g/mol. The molecule has 3 N–H and O–H groups in total. The Morgan fingerprint density at radius 3 is 2.50 bits per heavy atom. The summed E-state index contributed by atoms with van der Waals surface area (Å²) in [6, 6.07) is -1.13. The summed E-state index contributed by atoms with van der Waals surface area (Å²) in [5.41, 5.74) is -0.438. The molecule has 3 aliphatic rings. The Labute approximate surface area is 184 Å². The summed E-state index contributed by atoms with van der Waals surface area (Å²) in [7, 11) is 0. The standard InChI is InChI=1S/C22H37N3O4S/c1-7-10-23-18(27)15-14-8-9-22(30-14)16(15)20(29)25(13(11-26)12(2)3)17(22)19(28)24-21(4,5)6/h12-17,26H,7-11H2,1-6H3,(H,23,27)(H,24,28)/t13-,14-,15+,16-,17?,22?/m0/s1. The fourth-order valence-corrected chi connectivity index (χ4v) is 7.68. The number of fused-ring (bicyclic) bond motifs is 1. The summed E-state index contributed by atoms with van der Waals surface area (Å²) in [5.74, 6) is -1.33. The third-order valence-corrected chi connectivity index (χ3v) is 8.60. The van der Waals surface area contributed by atoms with Crippen molar-refractivity contribution < 1.29 is 19.5 Å². The summed E-state index contributed by atoms with van der Waals surface area (Å²) >= 11 is 1.66. The lowest BCUT2D eigenvalue weighted by molar-refractivity contribution is -0.144. The van der Waals surface area contributed by atoms with Crippen molar-refractivity contribution in [2.24, 2.45) is 17.8 Å². The minimum Gasteiger partial charge on any atom is -0.394 e. The summed E-state index contributed by atoms with van der Waals surface area (Å²) in [4.78, 5) is 42.0. The molecule has 0 aliphatic carbocycles. The normalized spacial score (nSPS) is 33.7. The van der Waals surface area contributed by atoms with E-state index in [9.17, 15) is 19.5 Å². The molecule has 3 aliphatic heterocycles. The van der Waals surface area contributed by atoms with Gasteiger partial charge < -0.3 is 20.6 Å². The summed E-state index contributed by atoms with van der Waals surface area (Å²) in [6.07, 6.45) is 2.41. The Bertz CT molecular complexity index is 707. The van der Waals surface area contributed by atoms with Gasteiger partial charge in [-0.15, -0.1) is 11.8 Å². The van der Waals surface area contributed by atoms with Crippen LogP contribution in [0, 0.1) is 17.8 Å². The number of amides is 3. The highest BCUT2D eigenvalue weighted by Gasteiger charge is 2.74. The van der Waals surface area contributed by atoms with E-state index in [1.165, 1.54) is 0 Å². The second-order valence-electron chi connectivity index (χ2n) is 10.3. The molecule has 30 heavy (non-hydrogen) atoms. The fraction of sp³-hybridized carbons (Fsp3) is 0.864. The van der Waals surface area contributed by atoms with Crippen LogP contribution >= 0.6 is 11.8 Å². The predicted molar refractivity (Wildman–Crippen MR) is 118 cm³/mol. The minimum atomic E-state index is -0.673. The van der Waals surface area contributed by atoms with Gasteiger partial charge in [0, 0.05) is 17.3 Å². The second kappa shape index (κ2) is 8.34. The number of hydrogen-bond acceptors (Lipinski definition) is 5. The van der Waals surface area contributed by atoms with E-state index in [0.29, 0.717) is 6.54 Å². The first-order valence-electron chi connectivity index (χ1n) is 11.2. The molecule has 8 heteroatoms. The first-order chi connectivity index (χ1) is 14.0. The third-order valence-electron chi connectivity index (χ3n) is 6.65. The summed E-state index contributed by atoms with van der Waals surface area (Å²) in [5, 5.41) is 16.2. The molecule has 0 saturated carbocycles. The highest BCUT2D eigenvalue weighted by atomic mass is 32.2. The van der Waals surface area contributed by atoms with Crippen LogP contribution in [0.25, 0.3) is 0 Å². The van der Waals surface area contributed by atoms with Gasteiger partial charge in [0.25, 0.3) is 0 Å². The van der Waals surface area contributed by atoms with Gasteiger partial charge >= 0.3 is 0 Å². The quantitative estimate of drug-likeness (QED) is 0.559. The maximum atomic E-state index is 13.8. The lowest BCUT2D eigenvalue weighted by Gasteiger charge is -2.39. The van der Waals surface area contributed by atoms with Crippen molar-refractivity contribution in [3.63, 3.8) is 0 Å². The van der Waals surface area contributed by atoms with E-state index < -0.39 is 34.2 Å². The molecule has 0 aromatic carbocycles. The van der Waals surface area contributed by atoms with Crippen molar-refractivity contribution in [2.75, 3.05) is 13.2 Å². The van der Waals surface area contributed by atoms with Gasteiger partial charge in [-0.05, 0) is 46.0 Å². The SMILES string of the molecule is CCCNC(=O)[C@@H]1[C@@H]2CCC3(S2)C(C(=O)NC(C)(C)C)N([C@@H](CO)C(C)C)C(=O)[C@H]13. The summed E-state index contributed by atoms with van der Waals surface area (Å²) < 4.78 is -0.604. The molecule has 3 saturated heterocycles. The van der Waals surface area contributed by atoms with Crippen molar-refractivity contribution in [1.29, 1.82) is 0 Å². The molecule has 7 nitrogen and oxygen atoms in total. The molecule has 1 spiro atoms. The minimum absolute atomic E-state index is 0.00585. The molecule has 3 rings (SSSR count). The first-order valence-corrected chi connectivity index (χ1v) is 12.1. The number of aliphatic hydroxyl groups is 1. The van der Waals surface area contributed by atoms with Crippen LogP contribution in [0.4, 0.5) is 0 Å². The van der Waals surface area contributed by atoms with Crippen molar-refractivity contribution >= 4 is 29.5 Å². The second-order valence-corrected chi connectivity index (χ2v) is 11.9. The smallest absolute Gasteiger partial charge is 0.244 e. The van der Waals surface area contributed by atoms with Gasteiger partial charge in [0.15, 0.2) is 0 Å². The molecule has 2 unspecified atom stereocenters. The molecule has 0 radical (unpaired) electrons. The van der Waals surface area contributed by atoms with E-state index in [-0.39, 0.29) is 35.5 Å². The van der Waals surface area contributed by atoms with Crippen LogP contribution in [0.5, 0.6) is 0 Å². The number of rotatable bonds is 7. The average molecular weight is 440 g/mol. The van der Waals surface area contributed by atoms with Gasteiger partial charge in [-0.3, -0.25) is 14.4 Å². The number of carbonyl (C=O) groups excluding carboxylic acids is 3. The average Bonchev–Trinajstić information content (AvgIpc) is 3.26. The van der Waals surface area contributed by atoms with Crippen molar-refractivity contribution in [3.8, 4) is 0 Å².